The van der Waals surface area contributed by atoms with Gasteiger partial charge in [-0.3, -0.25) is 4.79 Å². The van der Waals surface area contributed by atoms with Crippen LogP contribution in [0.15, 0.2) is 18.2 Å². The third kappa shape index (κ3) is 2.75. The number of carboxylic acid groups (broad SMARTS) is 1. The minimum absolute atomic E-state index is 0.0146. The van der Waals surface area contributed by atoms with E-state index in [1.54, 1.807) is 6.92 Å². The van der Waals surface area contributed by atoms with E-state index in [2.05, 4.69) is 5.32 Å². The molecule has 20 heavy (non-hydrogen) atoms. The van der Waals surface area contributed by atoms with Crippen molar-refractivity contribution in [2.24, 2.45) is 0 Å². The van der Waals surface area contributed by atoms with Crippen molar-refractivity contribution < 1.29 is 24.2 Å². The third-order valence-corrected chi connectivity index (χ3v) is 3.40. The summed E-state index contributed by atoms with van der Waals surface area (Å²) in [5.74, 6) is -0.978. The van der Waals surface area contributed by atoms with E-state index in [-0.39, 0.29) is 17.2 Å². The molecular weight excluding hydrogens is 262 g/mol. The molecule has 0 saturated carbocycles. The Hall–Kier alpha value is -2.08. The van der Waals surface area contributed by atoms with E-state index in [4.69, 9.17) is 14.6 Å². The molecule has 1 amide bonds. The van der Waals surface area contributed by atoms with Crippen LogP contribution in [0.5, 0.6) is 5.75 Å². The molecule has 1 saturated heterocycles. The van der Waals surface area contributed by atoms with E-state index in [0.717, 1.165) is 6.42 Å². The topological polar surface area (TPSA) is 84.9 Å². The summed E-state index contributed by atoms with van der Waals surface area (Å²) in [7, 11) is 1.47. The van der Waals surface area contributed by atoms with Gasteiger partial charge in [-0.25, -0.2) is 4.79 Å². The van der Waals surface area contributed by atoms with Gasteiger partial charge in [-0.05, 0) is 31.9 Å². The highest BCUT2D eigenvalue weighted by Gasteiger charge is 2.38. The van der Waals surface area contributed by atoms with Crippen molar-refractivity contribution >= 4 is 17.6 Å². The Morgan fingerprint density at radius 1 is 1.45 bits per heavy atom. The molecule has 0 aromatic heterocycles. The van der Waals surface area contributed by atoms with Crippen LogP contribution in [0, 0.1) is 0 Å². The van der Waals surface area contributed by atoms with Crippen LogP contribution in [0.3, 0.4) is 0 Å². The van der Waals surface area contributed by atoms with Crippen LogP contribution < -0.4 is 10.1 Å². The van der Waals surface area contributed by atoms with Gasteiger partial charge in [-0.15, -0.1) is 0 Å². The molecule has 0 bridgehead atoms. The molecular formula is C14H17NO5. The summed E-state index contributed by atoms with van der Waals surface area (Å²) in [6, 6.07) is 4.42. The van der Waals surface area contributed by atoms with Gasteiger partial charge in [0.25, 0.3) is 5.91 Å². The summed E-state index contributed by atoms with van der Waals surface area (Å²) in [6.07, 6.45) is 1.43. The van der Waals surface area contributed by atoms with Crippen LogP contribution in [-0.4, -0.2) is 36.3 Å². The molecule has 1 unspecified atom stereocenters. The van der Waals surface area contributed by atoms with Crippen molar-refractivity contribution in [3.05, 3.63) is 23.8 Å². The van der Waals surface area contributed by atoms with Gasteiger partial charge in [0.05, 0.1) is 18.4 Å². The summed E-state index contributed by atoms with van der Waals surface area (Å²) in [5, 5.41) is 11.8. The monoisotopic (exact) mass is 279 g/mol. The summed E-state index contributed by atoms with van der Waals surface area (Å²) >= 11 is 0. The number of methoxy groups -OCH3 is 1. The van der Waals surface area contributed by atoms with E-state index in [0.29, 0.717) is 18.8 Å². The van der Waals surface area contributed by atoms with Gasteiger partial charge < -0.3 is 19.9 Å². The SMILES string of the molecule is COc1ccc(C(=O)O)c(NC(=O)C2(C)CCCO2)c1. The minimum Gasteiger partial charge on any atom is -0.497 e. The average molecular weight is 279 g/mol. The Morgan fingerprint density at radius 3 is 2.75 bits per heavy atom. The molecule has 2 N–H and O–H groups in total. The maximum absolute atomic E-state index is 12.2. The van der Waals surface area contributed by atoms with E-state index in [1.807, 2.05) is 0 Å². The number of carboxylic acids is 1. The molecule has 2 rings (SSSR count). The third-order valence-electron chi connectivity index (χ3n) is 3.40. The number of anilines is 1. The molecule has 0 radical (unpaired) electrons. The zero-order valence-electron chi connectivity index (χ0n) is 11.4. The highest BCUT2D eigenvalue weighted by Crippen LogP contribution is 2.29. The second-order valence-corrected chi connectivity index (χ2v) is 4.85. The van der Waals surface area contributed by atoms with Crippen LogP contribution >= 0.6 is 0 Å². The number of aromatic carboxylic acids is 1. The fourth-order valence-electron chi connectivity index (χ4n) is 2.15. The van der Waals surface area contributed by atoms with Gasteiger partial charge >= 0.3 is 5.97 Å². The largest absolute Gasteiger partial charge is 0.497 e. The maximum atomic E-state index is 12.2. The summed E-state index contributed by atoms with van der Waals surface area (Å²) < 4.78 is 10.5. The van der Waals surface area contributed by atoms with Crippen molar-refractivity contribution in [3.63, 3.8) is 0 Å². The zero-order valence-corrected chi connectivity index (χ0v) is 11.4. The van der Waals surface area contributed by atoms with Crippen LogP contribution in [0.1, 0.15) is 30.1 Å². The second-order valence-electron chi connectivity index (χ2n) is 4.85. The fourth-order valence-corrected chi connectivity index (χ4v) is 2.15. The van der Waals surface area contributed by atoms with Crippen molar-refractivity contribution in [3.8, 4) is 5.75 Å². The Morgan fingerprint density at radius 2 is 2.20 bits per heavy atom. The highest BCUT2D eigenvalue weighted by molar-refractivity contribution is 6.03. The molecule has 1 heterocycles. The first kappa shape index (κ1) is 14.3. The summed E-state index contributed by atoms with van der Waals surface area (Å²) in [5.41, 5.74) is -0.682. The maximum Gasteiger partial charge on any atom is 0.337 e. The van der Waals surface area contributed by atoms with E-state index in [9.17, 15) is 9.59 Å². The first-order valence-electron chi connectivity index (χ1n) is 6.33. The van der Waals surface area contributed by atoms with Gasteiger partial charge in [0.1, 0.15) is 11.4 Å². The molecule has 0 spiro atoms. The number of carbonyl (C=O) groups excluding carboxylic acids is 1. The van der Waals surface area contributed by atoms with Crippen molar-refractivity contribution in [1.82, 2.24) is 0 Å². The predicted molar refractivity (Wildman–Crippen MR) is 72.2 cm³/mol. The number of benzene rings is 1. The molecule has 108 valence electrons. The lowest BCUT2D eigenvalue weighted by molar-refractivity contribution is -0.133. The van der Waals surface area contributed by atoms with E-state index in [1.165, 1.54) is 25.3 Å². The molecule has 1 atom stereocenters. The lowest BCUT2D eigenvalue weighted by Gasteiger charge is -2.22. The zero-order chi connectivity index (χ0) is 14.8. The number of hydrogen-bond acceptors (Lipinski definition) is 4. The predicted octanol–water partition coefficient (Wildman–Crippen LogP) is 1.90. The molecule has 0 aliphatic carbocycles. The number of carbonyl (C=O) groups is 2. The van der Waals surface area contributed by atoms with Gasteiger partial charge in [0.15, 0.2) is 0 Å². The number of hydrogen-bond donors (Lipinski definition) is 2. The number of amides is 1. The summed E-state index contributed by atoms with van der Waals surface area (Å²) in [4.78, 5) is 23.4. The average Bonchev–Trinajstić information content (AvgIpc) is 2.86. The lowest BCUT2D eigenvalue weighted by Crippen LogP contribution is -2.39. The number of rotatable bonds is 4. The molecule has 1 aliphatic rings. The fraction of sp³-hybridized carbons (Fsp3) is 0.429. The Balaban J connectivity index is 2.27. The molecule has 1 aliphatic heterocycles. The van der Waals surface area contributed by atoms with Gasteiger partial charge in [-0.1, -0.05) is 0 Å². The van der Waals surface area contributed by atoms with Gasteiger partial charge in [0.2, 0.25) is 0 Å². The van der Waals surface area contributed by atoms with E-state index >= 15 is 0 Å². The molecule has 1 fully saturated rings. The lowest BCUT2D eigenvalue weighted by atomic mass is 10.0. The summed E-state index contributed by atoms with van der Waals surface area (Å²) in [6.45, 7) is 2.24. The first-order valence-corrected chi connectivity index (χ1v) is 6.33. The van der Waals surface area contributed by atoms with Crippen LogP contribution in [0.4, 0.5) is 5.69 Å². The Labute approximate surface area is 116 Å². The second kappa shape index (κ2) is 5.50. The number of nitrogens with one attached hydrogen (secondary N) is 1. The first-order chi connectivity index (χ1) is 9.46. The van der Waals surface area contributed by atoms with Crippen molar-refractivity contribution in [1.29, 1.82) is 0 Å². The van der Waals surface area contributed by atoms with Crippen molar-refractivity contribution in [2.45, 2.75) is 25.4 Å². The van der Waals surface area contributed by atoms with Crippen molar-refractivity contribution in [2.75, 3.05) is 19.0 Å². The quantitative estimate of drug-likeness (QED) is 0.879. The Bertz CT molecular complexity index is 534. The van der Waals surface area contributed by atoms with Crippen LogP contribution in [0.2, 0.25) is 0 Å². The van der Waals surface area contributed by atoms with Crippen LogP contribution in [-0.2, 0) is 9.53 Å². The molecule has 6 nitrogen and oxygen atoms in total. The Kier molecular flexibility index (Phi) is 3.94. The van der Waals surface area contributed by atoms with Gasteiger partial charge in [0, 0.05) is 12.7 Å². The van der Waals surface area contributed by atoms with E-state index < -0.39 is 11.6 Å². The molecule has 6 heteroatoms. The minimum atomic E-state index is -1.11. The van der Waals surface area contributed by atoms with Crippen LogP contribution in [0.25, 0.3) is 0 Å². The highest BCUT2D eigenvalue weighted by atomic mass is 16.5. The standard InChI is InChI=1S/C14H17NO5/c1-14(6-3-7-20-14)13(18)15-11-8-9(19-2)4-5-10(11)12(16)17/h4-5,8H,3,6-7H2,1-2H3,(H,15,18)(H,16,17). The van der Waals surface area contributed by atoms with Gasteiger partial charge in [-0.2, -0.15) is 0 Å². The molecule has 1 aromatic carbocycles. The normalized spacial score (nSPS) is 21.5. The number of ether oxygens (including phenoxy) is 2. The molecule has 1 aromatic rings. The smallest absolute Gasteiger partial charge is 0.337 e.